The fourth-order valence-electron chi connectivity index (χ4n) is 3.33. The predicted molar refractivity (Wildman–Crippen MR) is 116 cm³/mol. The van der Waals surface area contributed by atoms with Gasteiger partial charge in [-0.05, 0) is 41.7 Å². The Kier molecular flexibility index (Phi) is 6.68. The first kappa shape index (κ1) is 21.7. The molecule has 1 aromatic heterocycles. The summed E-state index contributed by atoms with van der Waals surface area (Å²) in [5.41, 5.74) is 8.00. The summed E-state index contributed by atoms with van der Waals surface area (Å²) in [6.07, 6.45) is 0.550. The van der Waals surface area contributed by atoms with E-state index in [4.69, 9.17) is 10.3 Å². The molecule has 2 amide bonds. The highest BCUT2D eigenvalue weighted by atomic mass is 32.2. The first-order chi connectivity index (χ1) is 14.2. The number of hydrogen-bond acceptors (Lipinski definition) is 6. The van der Waals surface area contributed by atoms with E-state index in [1.807, 2.05) is 13.8 Å². The van der Waals surface area contributed by atoms with Gasteiger partial charge in [-0.25, -0.2) is 9.19 Å². The molecular formula is C20H25N5O4S. The third-order valence-corrected chi connectivity index (χ3v) is 5.20. The number of nitrogens with zero attached hydrogens (tertiary/aromatic N) is 1. The quantitative estimate of drug-likeness (QED) is 0.382. The second-order valence-electron chi connectivity index (χ2n) is 7.59. The van der Waals surface area contributed by atoms with Crippen LogP contribution in [-0.4, -0.2) is 31.6 Å². The SMILES string of the molecule is CC(C)C[C@@H](Nc1cc2c(c(Nc3cccc(CS(=O)O)c3)n1)C(=O)NC2)C(N)=O. The van der Waals surface area contributed by atoms with Crippen molar-refractivity contribution in [2.24, 2.45) is 11.7 Å². The van der Waals surface area contributed by atoms with E-state index in [2.05, 4.69) is 20.9 Å². The van der Waals surface area contributed by atoms with E-state index in [1.165, 1.54) is 0 Å². The van der Waals surface area contributed by atoms with Gasteiger partial charge in [-0.3, -0.25) is 9.59 Å². The van der Waals surface area contributed by atoms with Gasteiger partial charge < -0.3 is 26.2 Å². The highest BCUT2D eigenvalue weighted by molar-refractivity contribution is 7.78. The number of primary amides is 1. The first-order valence-electron chi connectivity index (χ1n) is 9.54. The molecule has 2 heterocycles. The van der Waals surface area contributed by atoms with Crippen molar-refractivity contribution < 1.29 is 18.4 Å². The first-order valence-corrected chi connectivity index (χ1v) is 10.8. The fourth-order valence-corrected chi connectivity index (χ4v) is 3.80. The predicted octanol–water partition coefficient (Wildman–Crippen LogP) is 2.10. The number of nitrogens with one attached hydrogen (secondary N) is 3. The van der Waals surface area contributed by atoms with E-state index in [0.717, 1.165) is 5.56 Å². The summed E-state index contributed by atoms with van der Waals surface area (Å²) in [7, 11) is 0. The summed E-state index contributed by atoms with van der Waals surface area (Å²) in [6.45, 7) is 4.35. The van der Waals surface area contributed by atoms with Crippen molar-refractivity contribution in [1.29, 1.82) is 0 Å². The van der Waals surface area contributed by atoms with Gasteiger partial charge in [-0.1, -0.05) is 26.0 Å². The van der Waals surface area contributed by atoms with Crippen LogP contribution < -0.4 is 21.7 Å². The van der Waals surface area contributed by atoms with Gasteiger partial charge in [0.15, 0.2) is 11.1 Å². The monoisotopic (exact) mass is 431 g/mol. The molecule has 0 bridgehead atoms. The van der Waals surface area contributed by atoms with Crippen molar-refractivity contribution in [1.82, 2.24) is 10.3 Å². The second kappa shape index (κ2) is 9.23. The zero-order chi connectivity index (χ0) is 21.8. The average Bonchev–Trinajstić information content (AvgIpc) is 3.01. The van der Waals surface area contributed by atoms with E-state index in [0.29, 0.717) is 41.4 Å². The van der Waals surface area contributed by atoms with E-state index in [-0.39, 0.29) is 17.6 Å². The number of nitrogens with two attached hydrogens (primary N) is 1. The molecule has 0 radical (unpaired) electrons. The summed E-state index contributed by atoms with van der Waals surface area (Å²) >= 11 is -1.96. The van der Waals surface area contributed by atoms with Gasteiger partial charge >= 0.3 is 0 Å². The van der Waals surface area contributed by atoms with Crippen molar-refractivity contribution in [3.63, 3.8) is 0 Å². The number of pyridine rings is 1. The minimum atomic E-state index is -1.96. The van der Waals surface area contributed by atoms with Gasteiger partial charge in [0, 0.05) is 12.2 Å². The maximum Gasteiger partial charge on any atom is 0.255 e. The summed E-state index contributed by atoms with van der Waals surface area (Å²) in [5.74, 6) is 0.306. The number of hydrogen-bond donors (Lipinski definition) is 5. The largest absolute Gasteiger partial charge is 0.368 e. The molecule has 0 fully saturated rings. The molecule has 2 aromatic rings. The Labute approximate surface area is 177 Å². The summed E-state index contributed by atoms with van der Waals surface area (Å²) in [5, 5.41) is 8.98. The molecule has 160 valence electrons. The number of carbonyl (C=O) groups is 2. The Hall–Kier alpha value is -2.98. The molecule has 9 nitrogen and oxygen atoms in total. The lowest BCUT2D eigenvalue weighted by atomic mass is 10.0. The zero-order valence-corrected chi connectivity index (χ0v) is 17.6. The summed E-state index contributed by atoms with van der Waals surface area (Å²) < 4.78 is 20.2. The molecular weight excluding hydrogens is 406 g/mol. The standard InChI is InChI=1S/C20H25N5O4S/c1-11(2)6-15(18(21)26)24-16-8-13-9-22-20(27)17(13)19(25-16)23-14-5-3-4-12(7-14)10-30(28)29/h3-5,7-8,11,15H,6,9-10H2,1-2H3,(H2,21,26)(H,22,27)(H,28,29)(H2,23,24,25)/t15-/m1/s1. The number of fused-ring (bicyclic) bond motifs is 1. The summed E-state index contributed by atoms with van der Waals surface area (Å²) in [6, 6.07) is 8.14. The van der Waals surface area contributed by atoms with Gasteiger partial charge in [0.1, 0.15) is 17.7 Å². The number of anilines is 3. The lowest BCUT2D eigenvalue weighted by Gasteiger charge is -2.19. The molecule has 0 saturated heterocycles. The van der Waals surface area contributed by atoms with Gasteiger partial charge in [0.25, 0.3) is 5.91 Å². The van der Waals surface area contributed by atoms with E-state index in [9.17, 15) is 13.8 Å². The van der Waals surface area contributed by atoms with Crippen LogP contribution >= 0.6 is 0 Å². The van der Waals surface area contributed by atoms with Crippen molar-refractivity contribution in [2.75, 3.05) is 10.6 Å². The van der Waals surface area contributed by atoms with Gasteiger partial charge in [-0.15, -0.1) is 0 Å². The Morgan fingerprint density at radius 2 is 2.13 bits per heavy atom. The van der Waals surface area contributed by atoms with Gasteiger partial charge in [0.05, 0.1) is 11.3 Å². The maximum atomic E-state index is 12.3. The van der Waals surface area contributed by atoms with Crippen LogP contribution in [0.15, 0.2) is 30.3 Å². The number of carbonyl (C=O) groups excluding carboxylic acids is 2. The minimum Gasteiger partial charge on any atom is -0.368 e. The van der Waals surface area contributed by atoms with Crippen LogP contribution in [0.25, 0.3) is 0 Å². The molecule has 0 spiro atoms. The average molecular weight is 432 g/mol. The van der Waals surface area contributed by atoms with Crippen LogP contribution in [0.5, 0.6) is 0 Å². The van der Waals surface area contributed by atoms with Crippen LogP contribution in [0.4, 0.5) is 17.3 Å². The molecule has 0 saturated carbocycles. The van der Waals surface area contributed by atoms with Crippen LogP contribution in [0.3, 0.4) is 0 Å². The smallest absolute Gasteiger partial charge is 0.255 e. The molecule has 1 unspecified atom stereocenters. The van der Waals surface area contributed by atoms with E-state index in [1.54, 1.807) is 30.3 Å². The maximum absolute atomic E-state index is 12.3. The molecule has 30 heavy (non-hydrogen) atoms. The van der Waals surface area contributed by atoms with Crippen molar-refractivity contribution in [2.45, 2.75) is 38.6 Å². The molecule has 6 N–H and O–H groups in total. The Morgan fingerprint density at radius 3 is 2.80 bits per heavy atom. The molecule has 1 aliphatic rings. The molecule has 10 heteroatoms. The highest BCUT2D eigenvalue weighted by Crippen LogP contribution is 2.29. The number of benzene rings is 1. The van der Waals surface area contributed by atoms with Crippen LogP contribution in [0.1, 0.15) is 41.8 Å². The van der Waals surface area contributed by atoms with Crippen LogP contribution in [-0.2, 0) is 28.2 Å². The van der Waals surface area contributed by atoms with E-state index >= 15 is 0 Å². The third kappa shape index (κ3) is 5.33. The molecule has 1 aromatic carbocycles. The van der Waals surface area contributed by atoms with Crippen LogP contribution in [0, 0.1) is 5.92 Å². The van der Waals surface area contributed by atoms with Crippen molar-refractivity contribution >= 4 is 40.2 Å². The Bertz CT molecular complexity index is 995. The number of rotatable bonds is 9. The molecule has 0 aliphatic carbocycles. The highest BCUT2D eigenvalue weighted by Gasteiger charge is 2.26. The van der Waals surface area contributed by atoms with Crippen LogP contribution in [0.2, 0.25) is 0 Å². The minimum absolute atomic E-state index is 0.00136. The summed E-state index contributed by atoms with van der Waals surface area (Å²) in [4.78, 5) is 28.7. The number of amides is 2. The van der Waals surface area contributed by atoms with Gasteiger partial charge in [-0.2, -0.15) is 0 Å². The fraction of sp³-hybridized carbons (Fsp3) is 0.350. The number of aromatic nitrogens is 1. The topological polar surface area (TPSA) is 146 Å². The Morgan fingerprint density at radius 1 is 1.37 bits per heavy atom. The van der Waals surface area contributed by atoms with Crippen molar-refractivity contribution in [3.05, 3.63) is 47.0 Å². The normalized spacial score (nSPS) is 14.7. The van der Waals surface area contributed by atoms with Gasteiger partial charge in [0.2, 0.25) is 5.91 Å². The molecule has 2 atom stereocenters. The lowest BCUT2D eigenvalue weighted by molar-refractivity contribution is -0.119. The lowest BCUT2D eigenvalue weighted by Crippen LogP contribution is -2.36. The molecule has 1 aliphatic heterocycles. The third-order valence-electron chi connectivity index (χ3n) is 4.62. The second-order valence-corrected chi connectivity index (χ2v) is 8.52. The van der Waals surface area contributed by atoms with E-state index < -0.39 is 23.0 Å². The Balaban J connectivity index is 1.93. The zero-order valence-electron chi connectivity index (χ0n) is 16.8. The van der Waals surface area contributed by atoms with Crippen molar-refractivity contribution in [3.8, 4) is 0 Å². The molecule has 3 rings (SSSR count).